The van der Waals surface area contributed by atoms with Gasteiger partial charge in [-0.25, -0.2) is 4.79 Å². The van der Waals surface area contributed by atoms with Gasteiger partial charge in [0.05, 0.1) is 12.5 Å². The fourth-order valence-corrected chi connectivity index (χ4v) is 3.14. The van der Waals surface area contributed by atoms with Crippen molar-refractivity contribution in [3.05, 3.63) is 67.7 Å². The summed E-state index contributed by atoms with van der Waals surface area (Å²) in [6.45, 7) is 0.125. The molecular formula is C17H15BrINO4. The van der Waals surface area contributed by atoms with Gasteiger partial charge < -0.3 is 15.2 Å². The number of carbonyl (C=O) groups excluding carboxylic acids is 1. The zero-order valence-corrected chi connectivity index (χ0v) is 16.3. The number of rotatable bonds is 6. The molecule has 24 heavy (non-hydrogen) atoms. The number of carboxylic acid groups (broad SMARTS) is 1. The van der Waals surface area contributed by atoms with Crippen molar-refractivity contribution in [3.8, 4) is 0 Å². The minimum absolute atomic E-state index is 0.125. The van der Waals surface area contributed by atoms with E-state index in [-0.39, 0.29) is 13.0 Å². The number of amides is 1. The Morgan fingerprint density at radius 2 is 1.92 bits per heavy atom. The zero-order valence-electron chi connectivity index (χ0n) is 12.5. The number of halogens is 2. The highest BCUT2D eigenvalue weighted by molar-refractivity contribution is 14.1. The van der Waals surface area contributed by atoms with E-state index in [1.165, 1.54) is 0 Å². The van der Waals surface area contributed by atoms with Crippen LogP contribution in [-0.2, 0) is 16.1 Å². The van der Waals surface area contributed by atoms with E-state index in [0.29, 0.717) is 5.56 Å². The number of carbonyl (C=O) groups is 2. The number of ether oxygens (including phenoxy) is 1. The molecule has 1 amide bonds. The van der Waals surface area contributed by atoms with Gasteiger partial charge in [0.2, 0.25) is 0 Å². The van der Waals surface area contributed by atoms with Crippen molar-refractivity contribution in [2.75, 3.05) is 0 Å². The Kier molecular flexibility index (Phi) is 7.04. The number of carboxylic acids is 1. The molecule has 126 valence electrons. The Morgan fingerprint density at radius 3 is 2.58 bits per heavy atom. The molecule has 0 fully saturated rings. The lowest BCUT2D eigenvalue weighted by Gasteiger charge is -2.19. The van der Waals surface area contributed by atoms with Crippen LogP contribution in [0.3, 0.4) is 0 Å². The van der Waals surface area contributed by atoms with Gasteiger partial charge in [-0.2, -0.15) is 0 Å². The van der Waals surface area contributed by atoms with Gasteiger partial charge in [-0.05, 0) is 51.9 Å². The van der Waals surface area contributed by atoms with E-state index in [4.69, 9.17) is 9.84 Å². The maximum atomic E-state index is 12.0. The minimum atomic E-state index is -1.01. The second-order valence-electron chi connectivity index (χ2n) is 5.02. The smallest absolute Gasteiger partial charge is 0.407 e. The average molecular weight is 504 g/mol. The quantitative estimate of drug-likeness (QED) is 0.569. The second kappa shape index (κ2) is 9.03. The number of hydrogen-bond acceptors (Lipinski definition) is 3. The third kappa shape index (κ3) is 5.79. The molecule has 5 nitrogen and oxygen atoms in total. The molecule has 2 aromatic rings. The fourth-order valence-electron chi connectivity index (χ4n) is 2.10. The summed E-state index contributed by atoms with van der Waals surface area (Å²) >= 11 is 5.53. The molecule has 0 bridgehead atoms. The highest BCUT2D eigenvalue weighted by Crippen LogP contribution is 2.27. The summed E-state index contributed by atoms with van der Waals surface area (Å²) in [6, 6.07) is 14.1. The van der Waals surface area contributed by atoms with Gasteiger partial charge in [0, 0.05) is 8.04 Å². The molecule has 0 saturated carbocycles. The van der Waals surface area contributed by atoms with Gasteiger partial charge in [-0.3, -0.25) is 4.79 Å². The van der Waals surface area contributed by atoms with Gasteiger partial charge in [-0.15, -0.1) is 0 Å². The summed E-state index contributed by atoms with van der Waals surface area (Å²) in [4.78, 5) is 23.2. The number of nitrogens with one attached hydrogen (secondary N) is 1. The molecule has 2 N–H and O–H groups in total. The summed E-state index contributed by atoms with van der Waals surface area (Å²) < 4.78 is 6.85. The third-order valence-corrected chi connectivity index (χ3v) is 4.61. The Hall–Kier alpha value is -1.61. The van der Waals surface area contributed by atoms with E-state index in [0.717, 1.165) is 13.6 Å². The van der Waals surface area contributed by atoms with Gasteiger partial charge in [0.25, 0.3) is 0 Å². The highest BCUT2D eigenvalue weighted by Gasteiger charge is 2.21. The summed E-state index contributed by atoms with van der Waals surface area (Å²) in [7, 11) is 0. The number of benzene rings is 2. The van der Waals surface area contributed by atoms with Crippen LogP contribution in [0.2, 0.25) is 0 Å². The molecule has 1 unspecified atom stereocenters. The Bertz CT molecular complexity index is 724. The number of hydrogen-bond donors (Lipinski definition) is 2. The predicted octanol–water partition coefficient (Wildman–Crippen LogP) is 4.50. The van der Waals surface area contributed by atoms with Crippen molar-refractivity contribution < 1.29 is 19.4 Å². The first kappa shape index (κ1) is 18.7. The fraction of sp³-hybridized carbons (Fsp3) is 0.176. The van der Waals surface area contributed by atoms with E-state index in [1.807, 2.05) is 48.5 Å². The van der Waals surface area contributed by atoms with E-state index in [1.54, 1.807) is 0 Å². The van der Waals surface area contributed by atoms with Crippen molar-refractivity contribution in [2.45, 2.75) is 19.1 Å². The normalized spacial score (nSPS) is 11.6. The molecule has 0 radical (unpaired) electrons. The van der Waals surface area contributed by atoms with E-state index in [9.17, 15) is 9.59 Å². The first-order valence-corrected chi connectivity index (χ1v) is 8.97. The van der Waals surface area contributed by atoms with Crippen LogP contribution in [0.15, 0.2) is 53.0 Å². The topological polar surface area (TPSA) is 75.6 Å². The molecule has 7 heteroatoms. The van der Waals surface area contributed by atoms with Gasteiger partial charge in [0.1, 0.15) is 6.61 Å². The van der Waals surface area contributed by atoms with Gasteiger partial charge >= 0.3 is 12.1 Å². The maximum absolute atomic E-state index is 12.0. The monoisotopic (exact) mass is 503 g/mol. The Morgan fingerprint density at radius 1 is 1.21 bits per heavy atom. The summed E-state index contributed by atoms with van der Waals surface area (Å²) in [5.74, 6) is -1.01. The molecule has 1 atom stereocenters. The molecule has 2 aromatic carbocycles. The lowest BCUT2D eigenvalue weighted by Crippen LogP contribution is -2.31. The largest absolute Gasteiger partial charge is 0.481 e. The second-order valence-corrected chi connectivity index (χ2v) is 7.12. The van der Waals surface area contributed by atoms with Crippen molar-refractivity contribution in [3.63, 3.8) is 0 Å². The van der Waals surface area contributed by atoms with E-state index in [2.05, 4.69) is 43.8 Å². The Labute approximate surface area is 161 Å². The average Bonchev–Trinajstić information content (AvgIpc) is 2.55. The summed E-state index contributed by atoms with van der Waals surface area (Å²) in [5.41, 5.74) is 1.55. The maximum Gasteiger partial charge on any atom is 0.407 e. The van der Waals surface area contributed by atoms with Crippen LogP contribution in [0.4, 0.5) is 4.79 Å². The SMILES string of the molecule is O=C(O)CC(NC(=O)OCc1ccccc1)c1cc(I)ccc1Br. The van der Waals surface area contributed by atoms with E-state index >= 15 is 0 Å². The Balaban J connectivity index is 2.06. The molecule has 0 aliphatic carbocycles. The molecular weight excluding hydrogens is 489 g/mol. The minimum Gasteiger partial charge on any atom is -0.481 e. The van der Waals surface area contributed by atoms with Crippen LogP contribution in [-0.4, -0.2) is 17.2 Å². The summed E-state index contributed by atoms with van der Waals surface area (Å²) in [6.07, 6.45) is -0.894. The van der Waals surface area contributed by atoms with Gasteiger partial charge in [0.15, 0.2) is 0 Å². The van der Waals surface area contributed by atoms with Crippen molar-refractivity contribution in [1.82, 2.24) is 5.32 Å². The molecule has 0 aliphatic heterocycles. The van der Waals surface area contributed by atoms with Crippen LogP contribution < -0.4 is 5.32 Å². The molecule has 0 heterocycles. The molecule has 0 spiro atoms. The van der Waals surface area contributed by atoms with E-state index < -0.39 is 18.1 Å². The molecule has 0 aliphatic rings. The van der Waals surface area contributed by atoms with Crippen LogP contribution in [0, 0.1) is 3.57 Å². The summed E-state index contributed by atoms with van der Waals surface area (Å²) in [5, 5.41) is 11.7. The lowest BCUT2D eigenvalue weighted by atomic mass is 10.0. The number of alkyl carbamates (subject to hydrolysis) is 1. The van der Waals surface area contributed by atoms with Crippen LogP contribution in [0.1, 0.15) is 23.6 Å². The van der Waals surface area contributed by atoms with Crippen molar-refractivity contribution >= 4 is 50.6 Å². The molecule has 0 aromatic heterocycles. The first-order chi connectivity index (χ1) is 11.5. The molecule has 2 rings (SSSR count). The standard InChI is InChI=1S/C17H15BrINO4/c18-14-7-6-12(19)8-13(14)15(9-16(21)22)20-17(23)24-10-11-4-2-1-3-5-11/h1-8,15H,9-10H2,(H,20,23)(H,21,22). The van der Waals surface area contributed by atoms with Crippen molar-refractivity contribution in [2.24, 2.45) is 0 Å². The first-order valence-electron chi connectivity index (χ1n) is 7.09. The van der Waals surface area contributed by atoms with Crippen LogP contribution in [0.5, 0.6) is 0 Å². The van der Waals surface area contributed by atoms with Crippen LogP contribution >= 0.6 is 38.5 Å². The predicted molar refractivity (Wildman–Crippen MR) is 102 cm³/mol. The molecule has 0 saturated heterocycles. The zero-order chi connectivity index (χ0) is 17.5. The van der Waals surface area contributed by atoms with Crippen LogP contribution in [0.25, 0.3) is 0 Å². The number of aliphatic carboxylic acids is 1. The third-order valence-electron chi connectivity index (χ3n) is 3.22. The van der Waals surface area contributed by atoms with Gasteiger partial charge in [-0.1, -0.05) is 46.3 Å². The lowest BCUT2D eigenvalue weighted by molar-refractivity contribution is -0.137. The van der Waals surface area contributed by atoms with Crippen molar-refractivity contribution in [1.29, 1.82) is 0 Å². The highest BCUT2D eigenvalue weighted by atomic mass is 127.